The summed E-state index contributed by atoms with van der Waals surface area (Å²) < 4.78 is 0. The molecule has 1 N–H and O–H groups in total. The van der Waals surface area contributed by atoms with Gasteiger partial charge < -0.3 is 10.0 Å². The molecular formula is C11H21NO2. The molecule has 1 fully saturated rings. The number of carbonyl (C=O) groups is 1. The van der Waals surface area contributed by atoms with Crippen molar-refractivity contribution in [2.75, 3.05) is 13.1 Å². The van der Waals surface area contributed by atoms with Crippen LogP contribution in [0.1, 0.15) is 39.5 Å². The fourth-order valence-electron chi connectivity index (χ4n) is 2.46. The number of rotatable bonds is 4. The highest BCUT2D eigenvalue weighted by molar-refractivity contribution is 5.70. The smallest absolute Gasteiger partial charge is 0.306 e. The van der Waals surface area contributed by atoms with E-state index >= 15 is 0 Å². The number of aliphatic carboxylic acids is 1. The van der Waals surface area contributed by atoms with Crippen LogP contribution >= 0.6 is 0 Å². The standard InChI is InChI=1S/C11H21NO2/c1-3-12(4-2)10-7-5-6-9(8-10)11(13)14/h9-10H,3-8H2,1-2H3,(H,13,14). The van der Waals surface area contributed by atoms with E-state index in [1.165, 1.54) is 6.42 Å². The molecule has 0 heterocycles. The lowest BCUT2D eigenvalue weighted by atomic mass is 9.85. The number of carboxylic acid groups (broad SMARTS) is 1. The Morgan fingerprint density at radius 1 is 1.36 bits per heavy atom. The van der Waals surface area contributed by atoms with Crippen LogP contribution in [-0.2, 0) is 4.79 Å². The summed E-state index contributed by atoms with van der Waals surface area (Å²) >= 11 is 0. The third-order valence-electron chi connectivity index (χ3n) is 3.32. The van der Waals surface area contributed by atoms with E-state index in [2.05, 4.69) is 18.7 Å². The normalized spacial score (nSPS) is 27.9. The molecule has 1 saturated carbocycles. The molecule has 0 amide bonds. The third kappa shape index (κ3) is 2.71. The largest absolute Gasteiger partial charge is 0.481 e. The summed E-state index contributed by atoms with van der Waals surface area (Å²) in [6, 6.07) is 0.500. The molecule has 2 unspecified atom stereocenters. The van der Waals surface area contributed by atoms with E-state index in [0.717, 1.165) is 32.4 Å². The van der Waals surface area contributed by atoms with Crippen LogP contribution in [0.15, 0.2) is 0 Å². The summed E-state index contributed by atoms with van der Waals surface area (Å²) in [5.41, 5.74) is 0. The highest BCUT2D eigenvalue weighted by Crippen LogP contribution is 2.27. The van der Waals surface area contributed by atoms with Crippen molar-refractivity contribution < 1.29 is 9.90 Å². The maximum absolute atomic E-state index is 10.9. The summed E-state index contributed by atoms with van der Waals surface area (Å²) in [5.74, 6) is -0.712. The van der Waals surface area contributed by atoms with Gasteiger partial charge in [-0.05, 0) is 32.4 Å². The molecule has 0 aliphatic heterocycles. The third-order valence-corrected chi connectivity index (χ3v) is 3.32. The van der Waals surface area contributed by atoms with Crippen molar-refractivity contribution in [3.63, 3.8) is 0 Å². The number of carboxylic acids is 1. The molecule has 0 aromatic carbocycles. The van der Waals surface area contributed by atoms with Crippen LogP contribution in [-0.4, -0.2) is 35.1 Å². The average Bonchev–Trinajstić information content (AvgIpc) is 2.20. The van der Waals surface area contributed by atoms with Gasteiger partial charge in [0.1, 0.15) is 0 Å². The average molecular weight is 199 g/mol. The first-order chi connectivity index (χ1) is 6.69. The second kappa shape index (κ2) is 5.35. The molecule has 2 atom stereocenters. The summed E-state index contributed by atoms with van der Waals surface area (Å²) in [7, 11) is 0. The van der Waals surface area contributed by atoms with Crippen LogP contribution < -0.4 is 0 Å². The highest BCUT2D eigenvalue weighted by atomic mass is 16.4. The fraction of sp³-hybridized carbons (Fsp3) is 0.909. The van der Waals surface area contributed by atoms with Gasteiger partial charge in [0.25, 0.3) is 0 Å². The zero-order valence-corrected chi connectivity index (χ0v) is 9.20. The first-order valence-electron chi connectivity index (χ1n) is 5.65. The minimum Gasteiger partial charge on any atom is -0.481 e. The van der Waals surface area contributed by atoms with Gasteiger partial charge in [-0.3, -0.25) is 4.79 Å². The van der Waals surface area contributed by atoms with E-state index in [-0.39, 0.29) is 5.92 Å². The molecule has 0 radical (unpaired) electrons. The summed E-state index contributed by atoms with van der Waals surface area (Å²) in [6.07, 6.45) is 3.95. The Hall–Kier alpha value is -0.570. The summed E-state index contributed by atoms with van der Waals surface area (Å²) in [5, 5.41) is 8.96. The number of hydrogen-bond donors (Lipinski definition) is 1. The molecule has 82 valence electrons. The molecule has 1 aliphatic rings. The molecule has 14 heavy (non-hydrogen) atoms. The van der Waals surface area contributed by atoms with Crippen molar-refractivity contribution in [2.24, 2.45) is 5.92 Å². The van der Waals surface area contributed by atoms with Crippen molar-refractivity contribution >= 4 is 5.97 Å². The Kier molecular flexibility index (Phi) is 4.39. The van der Waals surface area contributed by atoms with Crippen molar-refractivity contribution in [2.45, 2.75) is 45.6 Å². The molecule has 1 rings (SSSR count). The lowest BCUT2D eigenvalue weighted by Gasteiger charge is -2.35. The Morgan fingerprint density at radius 2 is 2.00 bits per heavy atom. The van der Waals surface area contributed by atoms with Crippen molar-refractivity contribution in [1.82, 2.24) is 4.90 Å². The summed E-state index contributed by atoms with van der Waals surface area (Å²) in [4.78, 5) is 13.3. The first kappa shape index (κ1) is 11.5. The molecule has 0 bridgehead atoms. The molecular weight excluding hydrogens is 178 g/mol. The lowest BCUT2D eigenvalue weighted by Crippen LogP contribution is -2.40. The van der Waals surface area contributed by atoms with Gasteiger partial charge in [0, 0.05) is 6.04 Å². The van der Waals surface area contributed by atoms with Crippen molar-refractivity contribution in [1.29, 1.82) is 0 Å². The van der Waals surface area contributed by atoms with Crippen molar-refractivity contribution in [3.8, 4) is 0 Å². The van der Waals surface area contributed by atoms with Gasteiger partial charge in [-0.1, -0.05) is 20.3 Å². The van der Waals surface area contributed by atoms with E-state index in [4.69, 9.17) is 5.11 Å². The van der Waals surface area contributed by atoms with Crippen LogP contribution in [0.4, 0.5) is 0 Å². The second-order valence-corrected chi connectivity index (χ2v) is 4.08. The maximum Gasteiger partial charge on any atom is 0.306 e. The molecule has 0 saturated heterocycles. The molecule has 0 aromatic rings. The van der Waals surface area contributed by atoms with Crippen LogP contribution in [0.25, 0.3) is 0 Å². The lowest BCUT2D eigenvalue weighted by molar-refractivity contribution is -0.143. The van der Waals surface area contributed by atoms with E-state index in [1.54, 1.807) is 0 Å². The SMILES string of the molecule is CCN(CC)C1CCCC(C(=O)O)C1. The monoisotopic (exact) mass is 199 g/mol. The summed E-state index contributed by atoms with van der Waals surface area (Å²) in [6.45, 7) is 6.36. The first-order valence-corrected chi connectivity index (χ1v) is 5.65. The predicted octanol–water partition coefficient (Wildman–Crippen LogP) is 1.97. The Morgan fingerprint density at radius 3 is 2.50 bits per heavy atom. The van der Waals surface area contributed by atoms with Gasteiger partial charge in [0.15, 0.2) is 0 Å². The topological polar surface area (TPSA) is 40.5 Å². The van der Waals surface area contributed by atoms with Gasteiger partial charge in [0.2, 0.25) is 0 Å². The van der Waals surface area contributed by atoms with E-state index in [1.807, 2.05) is 0 Å². The van der Waals surface area contributed by atoms with E-state index in [9.17, 15) is 4.79 Å². The second-order valence-electron chi connectivity index (χ2n) is 4.08. The minimum absolute atomic E-state index is 0.102. The molecule has 3 nitrogen and oxygen atoms in total. The Bertz CT molecular complexity index is 190. The predicted molar refractivity (Wildman–Crippen MR) is 56.3 cm³/mol. The van der Waals surface area contributed by atoms with E-state index in [0.29, 0.717) is 6.04 Å². The Balaban J connectivity index is 2.50. The quantitative estimate of drug-likeness (QED) is 0.752. The highest BCUT2D eigenvalue weighted by Gasteiger charge is 2.29. The van der Waals surface area contributed by atoms with Crippen molar-refractivity contribution in [3.05, 3.63) is 0 Å². The maximum atomic E-state index is 10.9. The van der Waals surface area contributed by atoms with Crippen LogP contribution in [0, 0.1) is 5.92 Å². The Labute approximate surface area is 86.1 Å². The van der Waals surface area contributed by atoms with Crippen LogP contribution in [0.3, 0.4) is 0 Å². The molecule has 0 aromatic heterocycles. The van der Waals surface area contributed by atoms with Gasteiger partial charge in [-0.25, -0.2) is 0 Å². The van der Waals surface area contributed by atoms with Crippen LogP contribution in [0.2, 0.25) is 0 Å². The van der Waals surface area contributed by atoms with Gasteiger partial charge >= 0.3 is 5.97 Å². The number of nitrogens with zero attached hydrogens (tertiary/aromatic N) is 1. The minimum atomic E-state index is -0.609. The van der Waals surface area contributed by atoms with Gasteiger partial charge in [0.05, 0.1) is 5.92 Å². The van der Waals surface area contributed by atoms with Gasteiger partial charge in [-0.15, -0.1) is 0 Å². The molecule has 0 spiro atoms. The zero-order valence-electron chi connectivity index (χ0n) is 9.20. The molecule has 3 heteroatoms. The fourth-order valence-corrected chi connectivity index (χ4v) is 2.46. The number of hydrogen-bond acceptors (Lipinski definition) is 2. The van der Waals surface area contributed by atoms with Gasteiger partial charge in [-0.2, -0.15) is 0 Å². The molecule has 1 aliphatic carbocycles. The van der Waals surface area contributed by atoms with Crippen LogP contribution in [0.5, 0.6) is 0 Å². The van der Waals surface area contributed by atoms with E-state index < -0.39 is 5.97 Å². The zero-order chi connectivity index (χ0) is 10.6.